The van der Waals surface area contributed by atoms with Gasteiger partial charge in [0.05, 0.1) is 0 Å². The van der Waals surface area contributed by atoms with E-state index >= 15 is 0 Å². The first-order valence-corrected chi connectivity index (χ1v) is 6.62. The molecule has 0 aliphatic heterocycles. The summed E-state index contributed by atoms with van der Waals surface area (Å²) in [5, 5.41) is 12.4. The van der Waals surface area contributed by atoms with Crippen molar-refractivity contribution in [3.05, 3.63) is 29.6 Å². The highest BCUT2D eigenvalue weighted by Gasteiger charge is 2.27. The van der Waals surface area contributed by atoms with Crippen LogP contribution in [-0.2, 0) is 0 Å². The highest BCUT2D eigenvalue weighted by atomic mass is 19.1. The number of aromatic hydroxyl groups is 1. The molecule has 0 aromatic heterocycles. The summed E-state index contributed by atoms with van der Waals surface area (Å²) in [6.07, 6.45) is 3.97. The largest absolute Gasteiger partial charge is 0.507 e. The lowest BCUT2D eigenvalue weighted by molar-refractivity contribution is 0.0901. The Balaban J connectivity index is 2.12. The quantitative estimate of drug-likeness (QED) is 0.780. The number of nitrogens with two attached hydrogens (primary N) is 1. The molecule has 1 aromatic carbocycles. The Kier molecular flexibility index (Phi) is 4.37. The van der Waals surface area contributed by atoms with Crippen LogP contribution in [0.2, 0.25) is 0 Å². The van der Waals surface area contributed by atoms with Gasteiger partial charge in [0.25, 0.3) is 5.91 Å². The third-order valence-electron chi connectivity index (χ3n) is 3.75. The van der Waals surface area contributed by atoms with Crippen LogP contribution in [0.1, 0.15) is 36.0 Å². The van der Waals surface area contributed by atoms with Crippen LogP contribution in [0.25, 0.3) is 0 Å². The maximum absolute atomic E-state index is 13.6. The second-order valence-corrected chi connectivity index (χ2v) is 4.99. The third-order valence-corrected chi connectivity index (χ3v) is 3.75. The fourth-order valence-electron chi connectivity index (χ4n) is 2.66. The molecule has 19 heavy (non-hydrogen) atoms. The van der Waals surface area contributed by atoms with Crippen LogP contribution in [0.15, 0.2) is 18.2 Å². The van der Waals surface area contributed by atoms with E-state index in [1.54, 1.807) is 0 Å². The van der Waals surface area contributed by atoms with Gasteiger partial charge in [-0.25, -0.2) is 4.39 Å². The van der Waals surface area contributed by atoms with E-state index in [-0.39, 0.29) is 23.3 Å². The van der Waals surface area contributed by atoms with Gasteiger partial charge in [-0.15, -0.1) is 0 Å². The molecule has 0 heterocycles. The Morgan fingerprint density at radius 2 is 2.16 bits per heavy atom. The molecule has 1 aliphatic rings. The summed E-state index contributed by atoms with van der Waals surface area (Å²) in [6.45, 7) is 0.508. The zero-order valence-electron chi connectivity index (χ0n) is 10.7. The average molecular weight is 266 g/mol. The first kappa shape index (κ1) is 13.8. The zero-order valence-corrected chi connectivity index (χ0v) is 10.7. The molecule has 0 spiro atoms. The third kappa shape index (κ3) is 3.04. The second kappa shape index (κ2) is 6.02. The Morgan fingerprint density at radius 3 is 2.84 bits per heavy atom. The van der Waals surface area contributed by atoms with Crippen LogP contribution >= 0.6 is 0 Å². The maximum atomic E-state index is 13.6. The van der Waals surface area contributed by atoms with Gasteiger partial charge in [-0.05, 0) is 37.4 Å². The highest BCUT2D eigenvalue weighted by Crippen LogP contribution is 2.25. The van der Waals surface area contributed by atoms with Gasteiger partial charge in [-0.1, -0.05) is 18.9 Å². The van der Waals surface area contributed by atoms with Crippen LogP contribution < -0.4 is 11.1 Å². The van der Waals surface area contributed by atoms with E-state index in [2.05, 4.69) is 5.32 Å². The fraction of sp³-hybridized carbons (Fsp3) is 0.500. The van der Waals surface area contributed by atoms with Gasteiger partial charge < -0.3 is 16.2 Å². The standard InChI is InChI=1S/C14H19FN2O2/c15-10-5-3-7-12(18)13(10)14(19)17-11-6-2-1-4-9(11)8-16/h3,5,7,9,11,18H,1-2,4,6,8,16H2,(H,17,19). The molecule has 2 atom stereocenters. The molecule has 104 valence electrons. The lowest BCUT2D eigenvalue weighted by Gasteiger charge is -2.31. The minimum absolute atomic E-state index is 0.0368. The number of carbonyl (C=O) groups is 1. The van der Waals surface area contributed by atoms with Crippen LogP contribution in [0, 0.1) is 11.7 Å². The van der Waals surface area contributed by atoms with Crippen molar-refractivity contribution in [2.24, 2.45) is 11.7 Å². The van der Waals surface area contributed by atoms with Gasteiger partial charge in [0.2, 0.25) is 0 Å². The molecule has 1 fully saturated rings. The number of phenolic OH excluding ortho intramolecular Hbond substituents is 1. The summed E-state index contributed by atoms with van der Waals surface area (Å²) in [5.41, 5.74) is 5.40. The summed E-state index contributed by atoms with van der Waals surface area (Å²) in [6, 6.07) is 3.80. The topological polar surface area (TPSA) is 75.3 Å². The summed E-state index contributed by atoms with van der Waals surface area (Å²) in [4.78, 5) is 12.1. The van der Waals surface area contributed by atoms with Crippen molar-refractivity contribution in [3.8, 4) is 5.75 Å². The molecule has 4 N–H and O–H groups in total. The maximum Gasteiger partial charge on any atom is 0.258 e. The molecule has 1 aromatic rings. The van der Waals surface area contributed by atoms with Crippen LogP contribution in [0.5, 0.6) is 5.75 Å². The molecular weight excluding hydrogens is 247 g/mol. The lowest BCUT2D eigenvalue weighted by atomic mass is 9.84. The number of hydrogen-bond acceptors (Lipinski definition) is 3. The number of benzene rings is 1. The molecule has 1 saturated carbocycles. The van der Waals surface area contributed by atoms with Crippen molar-refractivity contribution < 1.29 is 14.3 Å². The predicted molar refractivity (Wildman–Crippen MR) is 70.3 cm³/mol. The van der Waals surface area contributed by atoms with Crippen LogP contribution in [0.3, 0.4) is 0 Å². The number of carbonyl (C=O) groups excluding carboxylic acids is 1. The first-order valence-electron chi connectivity index (χ1n) is 6.62. The van der Waals surface area contributed by atoms with Crippen LogP contribution in [-0.4, -0.2) is 23.6 Å². The number of amides is 1. The lowest BCUT2D eigenvalue weighted by Crippen LogP contribution is -2.44. The molecule has 0 saturated heterocycles. The van der Waals surface area contributed by atoms with E-state index in [4.69, 9.17) is 5.73 Å². The minimum atomic E-state index is -0.711. The minimum Gasteiger partial charge on any atom is -0.507 e. The van der Waals surface area contributed by atoms with Gasteiger partial charge in [0.1, 0.15) is 17.1 Å². The van der Waals surface area contributed by atoms with Crippen molar-refractivity contribution in [1.82, 2.24) is 5.32 Å². The summed E-state index contributed by atoms with van der Waals surface area (Å²) >= 11 is 0. The zero-order chi connectivity index (χ0) is 13.8. The van der Waals surface area contributed by atoms with E-state index in [0.29, 0.717) is 6.54 Å². The Hall–Kier alpha value is -1.62. The van der Waals surface area contributed by atoms with E-state index in [0.717, 1.165) is 31.7 Å². The smallest absolute Gasteiger partial charge is 0.258 e. The van der Waals surface area contributed by atoms with Crippen molar-refractivity contribution in [3.63, 3.8) is 0 Å². The van der Waals surface area contributed by atoms with Gasteiger partial charge in [-0.2, -0.15) is 0 Å². The molecule has 2 unspecified atom stereocenters. The Bertz CT molecular complexity index is 445. The fourth-order valence-corrected chi connectivity index (χ4v) is 2.66. The van der Waals surface area contributed by atoms with Crippen LogP contribution in [0.4, 0.5) is 4.39 Å². The molecular formula is C14H19FN2O2. The van der Waals surface area contributed by atoms with Crippen molar-refractivity contribution >= 4 is 5.91 Å². The number of halogens is 1. The summed E-state index contributed by atoms with van der Waals surface area (Å²) in [7, 11) is 0. The van der Waals surface area contributed by atoms with Gasteiger partial charge >= 0.3 is 0 Å². The van der Waals surface area contributed by atoms with Gasteiger partial charge in [-0.3, -0.25) is 4.79 Å². The number of hydrogen-bond donors (Lipinski definition) is 3. The van der Waals surface area contributed by atoms with Gasteiger partial charge in [0.15, 0.2) is 0 Å². The van der Waals surface area contributed by atoms with Gasteiger partial charge in [0, 0.05) is 6.04 Å². The summed E-state index contributed by atoms with van der Waals surface area (Å²) < 4.78 is 13.6. The molecule has 2 rings (SSSR count). The molecule has 1 amide bonds. The predicted octanol–water partition coefficient (Wildman–Crippen LogP) is 1.78. The summed E-state index contributed by atoms with van der Waals surface area (Å²) in [5.74, 6) is -1.39. The van der Waals surface area contributed by atoms with E-state index in [9.17, 15) is 14.3 Å². The number of phenols is 1. The molecule has 4 nitrogen and oxygen atoms in total. The molecule has 5 heteroatoms. The second-order valence-electron chi connectivity index (χ2n) is 4.99. The Morgan fingerprint density at radius 1 is 1.42 bits per heavy atom. The van der Waals surface area contributed by atoms with Crippen molar-refractivity contribution in [1.29, 1.82) is 0 Å². The van der Waals surface area contributed by atoms with Crippen molar-refractivity contribution in [2.75, 3.05) is 6.54 Å². The SMILES string of the molecule is NCC1CCCCC1NC(=O)c1c(O)cccc1F. The monoisotopic (exact) mass is 266 g/mol. The Labute approximate surface area is 111 Å². The molecule has 1 aliphatic carbocycles. The molecule has 0 bridgehead atoms. The normalized spacial score (nSPS) is 23.1. The van der Waals surface area contributed by atoms with E-state index in [1.807, 2.05) is 0 Å². The highest BCUT2D eigenvalue weighted by molar-refractivity contribution is 5.97. The number of rotatable bonds is 3. The van der Waals surface area contributed by atoms with Crippen molar-refractivity contribution in [2.45, 2.75) is 31.7 Å². The first-order chi connectivity index (χ1) is 9.13. The average Bonchev–Trinajstić information content (AvgIpc) is 2.39. The van der Waals surface area contributed by atoms with E-state index < -0.39 is 11.7 Å². The number of nitrogens with one attached hydrogen (secondary N) is 1. The van der Waals surface area contributed by atoms with E-state index in [1.165, 1.54) is 12.1 Å². The molecule has 0 radical (unpaired) electrons.